The highest BCUT2D eigenvalue weighted by Gasteiger charge is 2.25. The summed E-state index contributed by atoms with van der Waals surface area (Å²) >= 11 is 0. The number of urea groups is 1. The molecule has 0 aliphatic carbocycles. The number of pyridine rings is 1. The molecule has 8 nitrogen and oxygen atoms in total. The van der Waals surface area contributed by atoms with Gasteiger partial charge in [0.2, 0.25) is 0 Å². The van der Waals surface area contributed by atoms with Gasteiger partial charge in [-0.15, -0.1) is 0 Å². The van der Waals surface area contributed by atoms with Gasteiger partial charge in [0.25, 0.3) is 0 Å². The Balaban J connectivity index is 1.42. The number of aromatic nitrogens is 3. The van der Waals surface area contributed by atoms with Gasteiger partial charge in [-0.2, -0.15) is 0 Å². The maximum atomic E-state index is 12.7. The van der Waals surface area contributed by atoms with E-state index in [4.69, 9.17) is 4.74 Å². The summed E-state index contributed by atoms with van der Waals surface area (Å²) in [5.41, 5.74) is 2.54. The van der Waals surface area contributed by atoms with E-state index in [1.807, 2.05) is 18.5 Å². The molecule has 1 aliphatic heterocycles. The Bertz CT molecular complexity index is 1010. The number of nitrogens with one attached hydrogen (secondary N) is 1. The summed E-state index contributed by atoms with van der Waals surface area (Å²) in [6.45, 7) is 1.23. The number of anilines is 1. The minimum Gasteiger partial charge on any atom is -0.465 e. The van der Waals surface area contributed by atoms with Gasteiger partial charge in [0, 0.05) is 25.3 Å². The highest BCUT2D eigenvalue weighted by Crippen LogP contribution is 2.26. The lowest BCUT2D eigenvalue weighted by atomic mass is 10.1. The van der Waals surface area contributed by atoms with Crippen LogP contribution in [0.15, 0.2) is 48.9 Å². The largest absolute Gasteiger partial charge is 0.465 e. The molecule has 1 saturated heterocycles. The van der Waals surface area contributed by atoms with Crippen molar-refractivity contribution in [2.45, 2.75) is 18.9 Å². The van der Waals surface area contributed by atoms with Crippen LogP contribution < -0.4 is 5.32 Å². The average Bonchev–Trinajstić information content (AvgIpc) is 3.18. The third-order valence-electron chi connectivity index (χ3n) is 5.05. The molecule has 1 N–H and O–H groups in total. The van der Waals surface area contributed by atoms with E-state index in [0.717, 1.165) is 24.0 Å². The first kappa shape index (κ1) is 18.0. The Kier molecular flexibility index (Phi) is 4.92. The molecule has 0 bridgehead atoms. The highest BCUT2D eigenvalue weighted by molar-refractivity contribution is 6.00. The summed E-state index contributed by atoms with van der Waals surface area (Å²) in [6, 6.07) is 10.7. The first-order valence-corrected chi connectivity index (χ1v) is 9.18. The fourth-order valence-corrected chi connectivity index (χ4v) is 3.56. The van der Waals surface area contributed by atoms with Gasteiger partial charge in [-0.1, -0.05) is 12.1 Å². The quantitative estimate of drug-likeness (QED) is 0.707. The van der Waals surface area contributed by atoms with Gasteiger partial charge in [-0.3, -0.25) is 0 Å². The Morgan fingerprint density at radius 2 is 1.89 bits per heavy atom. The van der Waals surface area contributed by atoms with Crippen molar-refractivity contribution in [3.63, 3.8) is 0 Å². The molecule has 1 aromatic carbocycles. The van der Waals surface area contributed by atoms with Crippen molar-refractivity contribution in [2.24, 2.45) is 0 Å². The number of likely N-dealkylation sites (tertiary alicyclic amines) is 1. The molecule has 8 heteroatoms. The summed E-state index contributed by atoms with van der Waals surface area (Å²) in [5.74, 6) is -0.478. The molecule has 0 unspecified atom stereocenters. The summed E-state index contributed by atoms with van der Waals surface area (Å²) in [7, 11) is 1.32. The zero-order chi connectivity index (χ0) is 19.5. The lowest BCUT2D eigenvalue weighted by molar-refractivity contribution is 0.0602. The van der Waals surface area contributed by atoms with Gasteiger partial charge in [0.1, 0.15) is 5.52 Å². The fraction of sp³-hybridized carbons (Fsp3) is 0.300. The maximum Gasteiger partial charge on any atom is 0.339 e. The van der Waals surface area contributed by atoms with Crippen LogP contribution in [0, 0.1) is 0 Å². The number of carbonyl (C=O) groups excluding carboxylic acids is 2. The number of fused-ring (bicyclic) bond motifs is 1. The van der Waals surface area contributed by atoms with E-state index in [9.17, 15) is 9.59 Å². The normalized spacial score (nSPS) is 14.8. The number of methoxy groups -OCH3 is 1. The Morgan fingerprint density at radius 3 is 2.68 bits per heavy atom. The molecule has 1 fully saturated rings. The van der Waals surface area contributed by atoms with Crippen LogP contribution in [0.2, 0.25) is 0 Å². The van der Waals surface area contributed by atoms with Crippen molar-refractivity contribution in [1.29, 1.82) is 0 Å². The van der Waals surface area contributed by atoms with Crippen LogP contribution in [0.4, 0.5) is 10.5 Å². The molecule has 28 heavy (non-hydrogen) atoms. The number of esters is 1. The summed E-state index contributed by atoms with van der Waals surface area (Å²) in [4.78, 5) is 35.1. The monoisotopic (exact) mass is 379 g/mol. The van der Waals surface area contributed by atoms with E-state index in [0.29, 0.717) is 24.3 Å². The van der Waals surface area contributed by atoms with Gasteiger partial charge in [0.15, 0.2) is 5.65 Å². The molecular weight excluding hydrogens is 358 g/mol. The van der Waals surface area contributed by atoms with Crippen LogP contribution in [0.5, 0.6) is 0 Å². The van der Waals surface area contributed by atoms with E-state index < -0.39 is 5.97 Å². The minimum absolute atomic E-state index is 0.219. The Hall–Kier alpha value is -3.42. The number of nitrogens with zero attached hydrogens (tertiary/aromatic N) is 4. The van der Waals surface area contributed by atoms with Gasteiger partial charge < -0.3 is 19.5 Å². The summed E-state index contributed by atoms with van der Waals surface area (Å²) in [5, 5.41) is 2.83. The molecule has 4 rings (SSSR count). The number of hydrogen-bond acceptors (Lipinski definition) is 5. The van der Waals surface area contributed by atoms with Crippen LogP contribution in [0.3, 0.4) is 0 Å². The molecule has 3 aromatic rings. The molecule has 0 radical (unpaired) electrons. The second kappa shape index (κ2) is 7.67. The number of hydrogen-bond donors (Lipinski definition) is 1. The predicted molar refractivity (Wildman–Crippen MR) is 104 cm³/mol. The first-order valence-electron chi connectivity index (χ1n) is 9.18. The number of amides is 2. The van der Waals surface area contributed by atoms with Crippen LogP contribution in [-0.4, -0.2) is 51.6 Å². The van der Waals surface area contributed by atoms with Crippen LogP contribution in [0.25, 0.3) is 11.2 Å². The zero-order valence-electron chi connectivity index (χ0n) is 15.5. The Morgan fingerprint density at radius 1 is 1.11 bits per heavy atom. The molecule has 0 saturated carbocycles. The maximum absolute atomic E-state index is 12.7. The highest BCUT2D eigenvalue weighted by atomic mass is 16.5. The van der Waals surface area contributed by atoms with Crippen molar-refractivity contribution in [2.75, 3.05) is 25.5 Å². The molecule has 1 aliphatic rings. The number of rotatable bonds is 3. The van der Waals surface area contributed by atoms with Crippen LogP contribution >= 0.6 is 0 Å². The van der Waals surface area contributed by atoms with Gasteiger partial charge in [0.05, 0.1) is 24.7 Å². The van der Waals surface area contributed by atoms with Crippen molar-refractivity contribution in [3.05, 3.63) is 54.5 Å². The van der Waals surface area contributed by atoms with Crippen molar-refractivity contribution in [3.8, 4) is 0 Å². The second-order valence-corrected chi connectivity index (χ2v) is 6.68. The number of ether oxygens (including phenoxy) is 1. The smallest absolute Gasteiger partial charge is 0.339 e. The number of piperidine rings is 1. The van der Waals surface area contributed by atoms with Crippen LogP contribution in [0.1, 0.15) is 29.2 Å². The lowest BCUT2D eigenvalue weighted by Crippen LogP contribution is -2.41. The number of benzene rings is 1. The minimum atomic E-state index is -0.478. The van der Waals surface area contributed by atoms with Gasteiger partial charge >= 0.3 is 12.0 Å². The van der Waals surface area contributed by atoms with Gasteiger partial charge in [-0.25, -0.2) is 19.6 Å². The Labute approximate surface area is 162 Å². The predicted octanol–water partition coefficient (Wildman–Crippen LogP) is 3.09. The van der Waals surface area contributed by atoms with Crippen LogP contribution in [-0.2, 0) is 4.74 Å². The average molecular weight is 379 g/mol. The molecule has 0 spiro atoms. The number of carbonyl (C=O) groups is 2. The van der Waals surface area contributed by atoms with Crippen molar-refractivity contribution in [1.82, 2.24) is 19.4 Å². The van der Waals surface area contributed by atoms with E-state index in [1.54, 1.807) is 35.4 Å². The fourth-order valence-electron chi connectivity index (χ4n) is 3.56. The first-order chi connectivity index (χ1) is 13.7. The molecule has 3 heterocycles. The van der Waals surface area contributed by atoms with E-state index >= 15 is 0 Å². The molecule has 2 aromatic heterocycles. The van der Waals surface area contributed by atoms with E-state index in [1.165, 1.54) is 7.11 Å². The van der Waals surface area contributed by atoms with Crippen molar-refractivity contribution < 1.29 is 14.3 Å². The molecule has 144 valence electrons. The third-order valence-corrected chi connectivity index (χ3v) is 5.05. The number of para-hydroxylation sites is 1. The molecular formula is C20H21N5O3. The zero-order valence-corrected chi connectivity index (χ0v) is 15.5. The SMILES string of the molecule is COC(=O)c1ccccc1NC(=O)N1CCC(n2cnc3cccnc32)CC1. The van der Waals surface area contributed by atoms with Gasteiger partial charge in [-0.05, 0) is 37.1 Å². The molecule has 0 atom stereocenters. The second-order valence-electron chi connectivity index (χ2n) is 6.68. The standard InChI is InChI=1S/C20H21N5O3/c1-28-19(26)15-5-2-3-6-16(15)23-20(27)24-11-8-14(9-12-24)25-13-22-17-7-4-10-21-18(17)25/h2-7,10,13-14H,8-9,11-12H2,1H3,(H,23,27). The summed E-state index contributed by atoms with van der Waals surface area (Å²) < 4.78 is 6.87. The third kappa shape index (κ3) is 3.40. The topological polar surface area (TPSA) is 89.4 Å². The van der Waals surface area contributed by atoms with E-state index in [2.05, 4.69) is 19.9 Å². The number of imidazole rings is 1. The van der Waals surface area contributed by atoms with Crippen molar-refractivity contribution >= 4 is 28.9 Å². The van der Waals surface area contributed by atoms with E-state index in [-0.39, 0.29) is 12.1 Å². The summed E-state index contributed by atoms with van der Waals surface area (Å²) in [6.07, 6.45) is 5.22. The molecule has 2 amide bonds. The lowest BCUT2D eigenvalue weighted by Gasteiger charge is -2.32.